The summed E-state index contributed by atoms with van der Waals surface area (Å²) in [7, 11) is 0. The zero-order valence-corrected chi connectivity index (χ0v) is 12.9. The molecule has 0 bridgehead atoms. The lowest BCUT2D eigenvalue weighted by Crippen LogP contribution is -2.45. The molecule has 2 rings (SSSR count). The number of nitrogens with one attached hydrogen (secondary N) is 1. The Morgan fingerprint density at radius 3 is 2.50 bits per heavy atom. The molecule has 20 heavy (non-hydrogen) atoms. The molecule has 3 heteroatoms. The summed E-state index contributed by atoms with van der Waals surface area (Å²) in [6.45, 7) is 9.67. The molecule has 1 aromatic carbocycles. The van der Waals surface area contributed by atoms with E-state index in [-0.39, 0.29) is 0 Å². The molecule has 112 valence electrons. The highest BCUT2D eigenvalue weighted by Crippen LogP contribution is 2.14. The van der Waals surface area contributed by atoms with E-state index in [0.717, 1.165) is 38.0 Å². The van der Waals surface area contributed by atoms with E-state index in [1.165, 1.54) is 31.4 Å². The fraction of sp³-hybridized carbons (Fsp3) is 0.647. The minimum Gasteiger partial charge on any atom is -0.492 e. The maximum atomic E-state index is 5.87. The van der Waals surface area contributed by atoms with Gasteiger partial charge in [-0.15, -0.1) is 0 Å². The van der Waals surface area contributed by atoms with Crippen molar-refractivity contribution in [2.75, 3.05) is 32.8 Å². The van der Waals surface area contributed by atoms with E-state index in [1.807, 2.05) is 0 Å². The Labute approximate surface area is 123 Å². The summed E-state index contributed by atoms with van der Waals surface area (Å²) in [5, 5.41) is 3.44. The summed E-state index contributed by atoms with van der Waals surface area (Å²) in [5.41, 5.74) is 1.28. The lowest BCUT2D eigenvalue weighted by atomic mass is 10.0. The Kier molecular flexibility index (Phi) is 6.34. The highest BCUT2D eigenvalue weighted by Gasteiger charge is 2.19. The first-order valence-corrected chi connectivity index (χ1v) is 7.94. The van der Waals surface area contributed by atoms with Crippen LogP contribution in [-0.4, -0.2) is 43.7 Å². The minimum absolute atomic E-state index is 0.734. The molecule has 0 amide bonds. The van der Waals surface area contributed by atoms with Gasteiger partial charge in [-0.25, -0.2) is 0 Å². The first-order chi connectivity index (χ1) is 9.79. The number of hydrogen-bond donors (Lipinski definition) is 1. The molecule has 1 aromatic rings. The topological polar surface area (TPSA) is 24.5 Å². The van der Waals surface area contributed by atoms with Gasteiger partial charge in [-0.1, -0.05) is 24.6 Å². The number of aryl methyl sites for hydroxylation is 1. The third-order valence-corrected chi connectivity index (χ3v) is 4.00. The number of rotatable bonds is 7. The van der Waals surface area contributed by atoms with Gasteiger partial charge in [0.15, 0.2) is 0 Å². The monoisotopic (exact) mass is 276 g/mol. The molecule has 3 nitrogen and oxygen atoms in total. The largest absolute Gasteiger partial charge is 0.492 e. The molecule has 0 atom stereocenters. The van der Waals surface area contributed by atoms with Gasteiger partial charge < -0.3 is 10.1 Å². The van der Waals surface area contributed by atoms with Crippen molar-refractivity contribution in [2.45, 2.75) is 39.2 Å². The van der Waals surface area contributed by atoms with Gasteiger partial charge in [-0.2, -0.15) is 0 Å². The van der Waals surface area contributed by atoms with Crippen LogP contribution in [0, 0.1) is 6.92 Å². The predicted octanol–water partition coefficient (Wildman–Crippen LogP) is 2.84. The second-order valence-electron chi connectivity index (χ2n) is 5.68. The van der Waals surface area contributed by atoms with E-state index in [2.05, 4.69) is 48.3 Å². The van der Waals surface area contributed by atoms with Crippen LogP contribution in [0.4, 0.5) is 0 Å². The van der Waals surface area contributed by atoms with Gasteiger partial charge >= 0.3 is 0 Å². The molecule has 1 fully saturated rings. The fourth-order valence-corrected chi connectivity index (χ4v) is 2.85. The molecule has 0 saturated carbocycles. The molecular formula is C17H28N2O. The standard InChI is InChI=1S/C17H28N2O/c1-3-12-19(16-8-10-18-11-9-16)13-14-20-17-6-4-15(2)5-7-17/h4-7,16,18H,3,8-14H2,1-2H3. The highest BCUT2D eigenvalue weighted by atomic mass is 16.5. The zero-order valence-electron chi connectivity index (χ0n) is 12.9. The van der Waals surface area contributed by atoms with Crippen molar-refractivity contribution >= 4 is 0 Å². The van der Waals surface area contributed by atoms with Crippen LogP contribution < -0.4 is 10.1 Å². The fourth-order valence-electron chi connectivity index (χ4n) is 2.85. The van der Waals surface area contributed by atoms with E-state index in [9.17, 15) is 0 Å². The maximum absolute atomic E-state index is 5.87. The average Bonchev–Trinajstić information content (AvgIpc) is 2.49. The van der Waals surface area contributed by atoms with Crippen LogP contribution in [0.5, 0.6) is 5.75 Å². The van der Waals surface area contributed by atoms with Crippen LogP contribution >= 0.6 is 0 Å². The average molecular weight is 276 g/mol. The number of ether oxygens (including phenoxy) is 1. The summed E-state index contributed by atoms with van der Waals surface area (Å²) in [6.07, 6.45) is 3.75. The second-order valence-corrected chi connectivity index (χ2v) is 5.68. The van der Waals surface area contributed by atoms with Crippen molar-refractivity contribution in [1.82, 2.24) is 10.2 Å². The second kappa shape index (κ2) is 8.28. The zero-order chi connectivity index (χ0) is 14.2. The van der Waals surface area contributed by atoms with Crippen LogP contribution in [0.25, 0.3) is 0 Å². The number of hydrogen-bond acceptors (Lipinski definition) is 3. The van der Waals surface area contributed by atoms with Crippen LogP contribution in [0.2, 0.25) is 0 Å². The minimum atomic E-state index is 0.734. The lowest BCUT2D eigenvalue weighted by molar-refractivity contribution is 0.135. The maximum Gasteiger partial charge on any atom is 0.119 e. The van der Waals surface area contributed by atoms with Gasteiger partial charge in [0.05, 0.1) is 0 Å². The molecule has 1 aliphatic heterocycles. The van der Waals surface area contributed by atoms with E-state index >= 15 is 0 Å². The summed E-state index contributed by atoms with van der Waals surface area (Å²) < 4.78 is 5.87. The molecule has 0 aromatic heterocycles. The van der Waals surface area contributed by atoms with Gasteiger partial charge in [0.2, 0.25) is 0 Å². The van der Waals surface area contributed by atoms with Crippen molar-refractivity contribution in [3.05, 3.63) is 29.8 Å². The molecular weight excluding hydrogens is 248 g/mol. The van der Waals surface area contributed by atoms with Gasteiger partial charge in [0, 0.05) is 12.6 Å². The van der Waals surface area contributed by atoms with Gasteiger partial charge in [-0.05, 0) is 58.0 Å². The van der Waals surface area contributed by atoms with Crippen LogP contribution in [0.1, 0.15) is 31.7 Å². The van der Waals surface area contributed by atoms with Crippen molar-refractivity contribution in [3.8, 4) is 5.75 Å². The third-order valence-electron chi connectivity index (χ3n) is 4.00. The molecule has 1 heterocycles. The van der Waals surface area contributed by atoms with Crippen LogP contribution in [-0.2, 0) is 0 Å². The molecule has 1 aliphatic rings. The summed E-state index contributed by atoms with van der Waals surface area (Å²) in [6, 6.07) is 9.06. The molecule has 1 saturated heterocycles. The number of piperidine rings is 1. The summed E-state index contributed by atoms with van der Waals surface area (Å²) in [5.74, 6) is 0.984. The summed E-state index contributed by atoms with van der Waals surface area (Å²) >= 11 is 0. The van der Waals surface area contributed by atoms with E-state index in [0.29, 0.717) is 0 Å². The quantitative estimate of drug-likeness (QED) is 0.829. The van der Waals surface area contributed by atoms with Crippen LogP contribution in [0.15, 0.2) is 24.3 Å². The summed E-state index contributed by atoms with van der Waals surface area (Å²) in [4.78, 5) is 2.61. The van der Waals surface area contributed by atoms with Crippen molar-refractivity contribution in [1.29, 1.82) is 0 Å². The Hall–Kier alpha value is -1.06. The smallest absolute Gasteiger partial charge is 0.119 e. The van der Waals surface area contributed by atoms with Crippen molar-refractivity contribution < 1.29 is 4.74 Å². The van der Waals surface area contributed by atoms with Crippen molar-refractivity contribution in [3.63, 3.8) is 0 Å². The molecule has 0 unspecified atom stereocenters. The molecule has 0 radical (unpaired) electrons. The third kappa shape index (κ3) is 4.80. The molecule has 0 aliphatic carbocycles. The van der Waals surface area contributed by atoms with Crippen LogP contribution in [0.3, 0.4) is 0 Å². The SMILES string of the molecule is CCCN(CCOc1ccc(C)cc1)C1CCNCC1. The van der Waals surface area contributed by atoms with E-state index in [4.69, 9.17) is 4.74 Å². The Bertz CT molecular complexity index is 371. The Morgan fingerprint density at radius 1 is 1.15 bits per heavy atom. The first-order valence-electron chi connectivity index (χ1n) is 7.94. The Balaban J connectivity index is 1.77. The van der Waals surface area contributed by atoms with E-state index < -0.39 is 0 Å². The van der Waals surface area contributed by atoms with E-state index in [1.54, 1.807) is 0 Å². The highest BCUT2D eigenvalue weighted by molar-refractivity contribution is 5.26. The lowest BCUT2D eigenvalue weighted by Gasteiger charge is -2.34. The van der Waals surface area contributed by atoms with Gasteiger partial charge in [-0.3, -0.25) is 4.90 Å². The number of nitrogens with zero attached hydrogens (tertiary/aromatic N) is 1. The molecule has 1 N–H and O–H groups in total. The predicted molar refractivity (Wildman–Crippen MR) is 84.4 cm³/mol. The normalized spacial score (nSPS) is 16.6. The first kappa shape index (κ1) is 15.3. The van der Waals surface area contributed by atoms with Gasteiger partial charge in [0.1, 0.15) is 12.4 Å². The Morgan fingerprint density at radius 2 is 1.85 bits per heavy atom. The van der Waals surface area contributed by atoms with Crippen molar-refractivity contribution in [2.24, 2.45) is 0 Å². The number of benzene rings is 1. The van der Waals surface area contributed by atoms with Gasteiger partial charge in [0.25, 0.3) is 0 Å². The molecule has 0 spiro atoms.